The minimum atomic E-state index is 0.667. The van der Waals surface area contributed by atoms with Gasteiger partial charge < -0.3 is 9.47 Å². The maximum atomic E-state index is 5.69. The maximum absolute atomic E-state index is 5.69. The molecule has 1 aromatic rings. The summed E-state index contributed by atoms with van der Waals surface area (Å²) >= 11 is 4.18. The summed E-state index contributed by atoms with van der Waals surface area (Å²) in [6, 6.07) is 7.81. The molecule has 0 aromatic heterocycles. The molecule has 0 radical (unpaired) electrons. The van der Waals surface area contributed by atoms with Crippen LogP contribution < -0.4 is 9.47 Å². The zero-order valence-electron chi connectivity index (χ0n) is 9.82. The highest BCUT2D eigenvalue weighted by molar-refractivity contribution is 7.80. The van der Waals surface area contributed by atoms with Crippen molar-refractivity contribution in [1.82, 2.24) is 0 Å². The Balaban J connectivity index is 2.34. The Morgan fingerprint density at radius 3 is 2.31 bits per heavy atom. The molecule has 0 saturated carbocycles. The number of rotatable bonds is 8. The molecule has 0 aliphatic heterocycles. The lowest BCUT2D eigenvalue weighted by Gasteiger charge is -2.11. The highest BCUT2D eigenvalue weighted by Crippen LogP contribution is 2.26. The van der Waals surface area contributed by atoms with Crippen molar-refractivity contribution in [3.05, 3.63) is 24.3 Å². The molecule has 0 aliphatic rings. The zero-order chi connectivity index (χ0) is 11.6. The molecule has 0 N–H and O–H groups in total. The van der Waals surface area contributed by atoms with Crippen LogP contribution in [-0.2, 0) is 0 Å². The van der Waals surface area contributed by atoms with Gasteiger partial charge in [-0.05, 0) is 44.1 Å². The predicted octanol–water partition coefficient (Wildman–Crippen LogP) is 3.56. The number of unbranched alkanes of at least 4 members (excludes halogenated alkanes) is 2. The van der Waals surface area contributed by atoms with E-state index in [1.54, 1.807) is 0 Å². The van der Waals surface area contributed by atoms with Gasteiger partial charge in [-0.3, -0.25) is 0 Å². The van der Waals surface area contributed by atoms with Crippen LogP contribution in [0.2, 0.25) is 0 Å². The first-order valence-corrected chi connectivity index (χ1v) is 6.47. The molecular weight excluding hydrogens is 220 g/mol. The molecule has 0 unspecified atom stereocenters. The first kappa shape index (κ1) is 13.2. The average molecular weight is 240 g/mol. The van der Waals surface area contributed by atoms with Crippen molar-refractivity contribution >= 4 is 12.6 Å². The van der Waals surface area contributed by atoms with Crippen molar-refractivity contribution in [2.24, 2.45) is 0 Å². The van der Waals surface area contributed by atoms with E-state index in [0.717, 1.165) is 36.7 Å². The van der Waals surface area contributed by atoms with Gasteiger partial charge in [0.05, 0.1) is 13.2 Å². The largest absolute Gasteiger partial charge is 0.490 e. The van der Waals surface area contributed by atoms with Crippen molar-refractivity contribution in [3.8, 4) is 11.5 Å². The van der Waals surface area contributed by atoms with E-state index in [0.29, 0.717) is 6.61 Å². The van der Waals surface area contributed by atoms with Crippen LogP contribution >= 0.6 is 12.6 Å². The van der Waals surface area contributed by atoms with Crippen LogP contribution in [0.3, 0.4) is 0 Å². The van der Waals surface area contributed by atoms with Crippen LogP contribution in [0.5, 0.6) is 11.5 Å². The number of thiol groups is 1. The number of hydrogen-bond donors (Lipinski definition) is 1. The Kier molecular flexibility index (Phi) is 6.90. The standard InChI is InChI=1S/C13H20O2S/c1-2-14-12-8-4-5-9-13(12)15-10-6-3-7-11-16/h4-5,8-9,16H,2-3,6-7,10-11H2,1H3. The van der Waals surface area contributed by atoms with Crippen LogP contribution in [0.1, 0.15) is 26.2 Å². The van der Waals surface area contributed by atoms with Crippen molar-refractivity contribution in [3.63, 3.8) is 0 Å². The molecule has 0 saturated heterocycles. The molecular formula is C13H20O2S. The van der Waals surface area contributed by atoms with E-state index < -0.39 is 0 Å². The smallest absolute Gasteiger partial charge is 0.161 e. The van der Waals surface area contributed by atoms with E-state index in [1.165, 1.54) is 6.42 Å². The van der Waals surface area contributed by atoms with Crippen LogP contribution in [0.4, 0.5) is 0 Å². The maximum Gasteiger partial charge on any atom is 0.161 e. The van der Waals surface area contributed by atoms with E-state index in [2.05, 4.69) is 12.6 Å². The number of para-hydroxylation sites is 2. The Morgan fingerprint density at radius 1 is 1.00 bits per heavy atom. The molecule has 0 aliphatic carbocycles. The Labute approximate surface area is 103 Å². The van der Waals surface area contributed by atoms with Crippen LogP contribution in [0.15, 0.2) is 24.3 Å². The first-order chi connectivity index (χ1) is 7.88. The topological polar surface area (TPSA) is 18.5 Å². The van der Waals surface area contributed by atoms with Crippen LogP contribution in [0, 0.1) is 0 Å². The van der Waals surface area contributed by atoms with Crippen LogP contribution in [-0.4, -0.2) is 19.0 Å². The van der Waals surface area contributed by atoms with Gasteiger partial charge >= 0.3 is 0 Å². The summed E-state index contributed by atoms with van der Waals surface area (Å²) in [7, 11) is 0. The molecule has 0 fully saturated rings. The highest BCUT2D eigenvalue weighted by Gasteiger charge is 2.02. The molecule has 0 heterocycles. The summed E-state index contributed by atoms with van der Waals surface area (Å²) in [4.78, 5) is 0. The lowest BCUT2D eigenvalue weighted by atomic mass is 10.2. The Morgan fingerprint density at radius 2 is 1.69 bits per heavy atom. The highest BCUT2D eigenvalue weighted by atomic mass is 32.1. The van der Waals surface area contributed by atoms with Gasteiger partial charge in [-0.15, -0.1) is 0 Å². The second-order valence-corrected chi connectivity index (χ2v) is 3.96. The lowest BCUT2D eigenvalue weighted by Crippen LogP contribution is -2.00. The SMILES string of the molecule is CCOc1ccccc1OCCCCCS. The number of ether oxygens (including phenoxy) is 2. The molecule has 1 aromatic carbocycles. The summed E-state index contributed by atoms with van der Waals surface area (Å²) in [6.45, 7) is 3.39. The molecule has 0 bridgehead atoms. The number of hydrogen-bond acceptors (Lipinski definition) is 3. The molecule has 0 atom stereocenters. The molecule has 16 heavy (non-hydrogen) atoms. The van der Waals surface area contributed by atoms with Crippen molar-refractivity contribution in [2.45, 2.75) is 26.2 Å². The van der Waals surface area contributed by atoms with Gasteiger partial charge in [-0.25, -0.2) is 0 Å². The van der Waals surface area contributed by atoms with E-state index >= 15 is 0 Å². The molecule has 3 heteroatoms. The Hall–Kier alpha value is -0.830. The second-order valence-electron chi connectivity index (χ2n) is 3.51. The van der Waals surface area contributed by atoms with E-state index in [-0.39, 0.29) is 0 Å². The van der Waals surface area contributed by atoms with Gasteiger partial charge in [-0.1, -0.05) is 12.1 Å². The zero-order valence-corrected chi connectivity index (χ0v) is 10.7. The summed E-state index contributed by atoms with van der Waals surface area (Å²) in [5, 5.41) is 0. The molecule has 2 nitrogen and oxygen atoms in total. The van der Waals surface area contributed by atoms with Gasteiger partial charge in [0.2, 0.25) is 0 Å². The van der Waals surface area contributed by atoms with Crippen molar-refractivity contribution in [2.75, 3.05) is 19.0 Å². The molecule has 0 spiro atoms. The van der Waals surface area contributed by atoms with Gasteiger partial charge in [0, 0.05) is 0 Å². The minimum Gasteiger partial charge on any atom is -0.490 e. The predicted molar refractivity (Wildman–Crippen MR) is 70.8 cm³/mol. The number of benzene rings is 1. The van der Waals surface area contributed by atoms with E-state index in [9.17, 15) is 0 Å². The monoisotopic (exact) mass is 240 g/mol. The first-order valence-electron chi connectivity index (χ1n) is 5.84. The third-order valence-corrected chi connectivity index (χ3v) is 2.53. The average Bonchev–Trinajstić information content (AvgIpc) is 2.31. The second kappa shape index (κ2) is 8.34. The fourth-order valence-electron chi connectivity index (χ4n) is 1.42. The normalized spacial score (nSPS) is 10.1. The van der Waals surface area contributed by atoms with Gasteiger partial charge in [0.1, 0.15) is 0 Å². The molecule has 1 rings (SSSR count). The quantitative estimate of drug-likeness (QED) is 0.553. The fraction of sp³-hybridized carbons (Fsp3) is 0.538. The van der Waals surface area contributed by atoms with Crippen molar-refractivity contribution < 1.29 is 9.47 Å². The Bertz CT molecular complexity index is 289. The fourth-order valence-corrected chi connectivity index (χ4v) is 1.64. The third-order valence-electron chi connectivity index (χ3n) is 2.21. The summed E-state index contributed by atoms with van der Waals surface area (Å²) in [5.41, 5.74) is 0. The van der Waals surface area contributed by atoms with Gasteiger partial charge in [-0.2, -0.15) is 12.6 Å². The van der Waals surface area contributed by atoms with E-state index in [1.807, 2.05) is 31.2 Å². The summed E-state index contributed by atoms with van der Waals surface area (Å²) in [6.07, 6.45) is 3.39. The van der Waals surface area contributed by atoms with Crippen molar-refractivity contribution in [1.29, 1.82) is 0 Å². The minimum absolute atomic E-state index is 0.667. The lowest BCUT2D eigenvalue weighted by molar-refractivity contribution is 0.271. The van der Waals surface area contributed by atoms with E-state index in [4.69, 9.17) is 9.47 Å². The molecule has 90 valence electrons. The van der Waals surface area contributed by atoms with Gasteiger partial charge in [0.15, 0.2) is 11.5 Å². The summed E-state index contributed by atoms with van der Waals surface area (Å²) in [5.74, 6) is 2.63. The van der Waals surface area contributed by atoms with Gasteiger partial charge in [0.25, 0.3) is 0 Å². The third kappa shape index (κ3) is 4.79. The molecule has 0 amide bonds. The summed E-state index contributed by atoms with van der Waals surface area (Å²) < 4.78 is 11.2. The van der Waals surface area contributed by atoms with Crippen LogP contribution in [0.25, 0.3) is 0 Å².